The quantitative estimate of drug-likeness (QED) is 0.708. The Morgan fingerprint density at radius 1 is 1.18 bits per heavy atom. The summed E-state index contributed by atoms with van der Waals surface area (Å²) in [4.78, 5) is 40.6. The van der Waals surface area contributed by atoms with Gasteiger partial charge in [0.15, 0.2) is 0 Å². The van der Waals surface area contributed by atoms with E-state index in [4.69, 9.17) is 11.6 Å². The predicted octanol–water partition coefficient (Wildman–Crippen LogP) is 2.62. The summed E-state index contributed by atoms with van der Waals surface area (Å²) in [5.74, 6) is -0.686. The van der Waals surface area contributed by atoms with Gasteiger partial charge in [-0.2, -0.15) is 0 Å². The van der Waals surface area contributed by atoms with Crippen molar-refractivity contribution >= 4 is 29.3 Å². The lowest BCUT2D eigenvalue weighted by atomic mass is 9.81. The SMILES string of the molecule is CN(C)[C@H](CNC(=O)CCN1C(=O)[C@H]2CCCC[C@@H]2C1=O)c1ccccc1Cl. The molecule has 6 nitrogen and oxygen atoms in total. The van der Waals surface area contributed by atoms with Crippen molar-refractivity contribution < 1.29 is 14.4 Å². The van der Waals surface area contributed by atoms with Gasteiger partial charge in [0, 0.05) is 24.5 Å². The number of nitrogens with zero attached hydrogens (tertiary/aromatic N) is 2. The number of benzene rings is 1. The normalized spacial score (nSPS) is 23.1. The van der Waals surface area contributed by atoms with E-state index in [-0.39, 0.29) is 48.6 Å². The van der Waals surface area contributed by atoms with Crippen molar-refractivity contribution in [1.29, 1.82) is 0 Å². The minimum atomic E-state index is -0.172. The zero-order valence-electron chi connectivity index (χ0n) is 16.5. The van der Waals surface area contributed by atoms with Gasteiger partial charge in [0.25, 0.3) is 0 Å². The first-order valence-corrected chi connectivity index (χ1v) is 10.3. The number of imide groups is 1. The number of fused-ring (bicyclic) bond motifs is 1. The lowest BCUT2D eigenvalue weighted by molar-refractivity contribution is -0.140. The second-order valence-electron chi connectivity index (χ2n) is 7.88. The molecule has 152 valence electrons. The number of carbonyl (C=O) groups excluding carboxylic acids is 3. The number of hydrogen-bond donors (Lipinski definition) is 1. The molecule has 3 amide bonds. The van der Waals surface area contributed by atoms with Crippen LogP contribution >= 0.6 is 11.6 Å². The molecule has 1 N–H and O–H groups in total. The van der Waals surface area contributed by atoms with Crippen LogP contribution < -0.4 is 5.32 Å². The minimum absolute atomic E-state index is 0.0597. The number of carbonyl (C=O) groups is 3. The molecule has 1 heterocycles. The van der Waals surface area contributed by atoms with E-state index in [1.165, 1.54) is 4.90 Å². The highest BCUT2D eigenvalue weighted by Crippen LogP contribution is 2.38. The zero-order chi connectivity index (χ0) is 20.3. The molecule has 0 unspecified atom stereocenters. The second kappa shape index (κ2) is 9.05. The van der Waals surface area contributed by atoms with Crippen molar-refractivity contribution in [1.82, 2.24) is 15.1 Å². The van der Waals surface area contributed by atoms with Crippen LogP contribution in [0.4, 0.5) is 0 Å². The maximum atomic E-state index is 12.5. The molecule has 1 saturated heterocycles. The van der Waals surface area contributed by atoms with Gasteiger partial charge >= 0.3 is 0 Å². The van der Waals surface area contributed by atoms with Crippen LogP contribution in [0, 0.1) is 11.8 Å². The smallest absolute Gasteiger partial charge is 0.233 e. The fourth-order valence-electron chi connectivity index (χ4n) is 4.28. The summed E-state index contributed by atoms with van der Waals surface area (Å²) in [6.07, 6.45) is 3.71. The molecule has 0 radical (unpaired) electrons. The molecule has 28 heavy (non-hydrogen) atoms. The third kappa shape index (κ3) is 4.39. The van der Waals surface area contributed by atoms with E-state index in [0.29, 0.717) is 11.6 Å². The molecule has 0 spiro atoms. The van der Waals surface area contributed by atoms with Crippen LogP contribution in [0.3, 0.4) is 0 Å². The number of rotatable bonds is 7. The van der Waals surface area contributed by atoms with Gasteiger partial charge in [0.1, 0.15) is 0 Å². The Kier molecular flexibility index (Phi) is 6.73. The third-order valence-electron chi connectivity index (χ3n) is 5.88. The molecular weight excluding hydrogens is 378 g/mol. The minimum Gasteiger partial charge on any atom is -0.354 e. The number of nitrogens with one attached hydrogen (secondary N) is 1. The lowest BCUT2D eigenvalue weighted by Gasteiger charge is -2.26. The molecule has 1 aliphatic carbocycles. The molecule has 3 rings (SSSR count). The van der Waals surface area contributed by atoms with E-state index in [2.05, 4.69) is 5.32 Å². The van der Waals surface area contributed by atoms with Crippen molar-refractivity contribution in [3.8, 4) is 0 Å². The molecule has 7 heteroatoms. The van der Waals surface area contributed by atoms with Crippen LogP contribution in [0.2, 0.25) is 5.02 Å². The molecule has 1 aromatic rings. The van der Waals surface area contributed by atoms with Crippen LogP contribution in [0.5, 0.6) is 0 Å². The average Bonchev–Trinajstić information content (AvgIpc) is 2.92. The molecule has 0 bridgehead atoms. The fraction of sp³-hybridized carbons (Fsp3) is 0.571. The van der Waals surface area contributed by atoms with Gasteiger partial charge in [-0.15, -0.1) is 0 Å². The van der Waals surface area contributed by atoms with E-state index < -0.39 is 0 Å². The van der Waals surface area contributed by atoms with Gasteiger partial charge in [-0.3, -0.25) is 19.3 Å². The van der Waals surface area contributed by atoms with Crippen LogP contribution in [-0.4, -0.2) is 54.7 Å². The number of halogens is 1. The van der Waals surface area contributed by atoms with Crippen molar-refractivity contribution in [2.45, 2.75) is 38.1 Å². The molecule has 2 aliphatic rings. The van der Waals surface area contributed by atoms with E-state index in [1.54, 1.807) is 0 Å². The Bertz CT molecular complexity index is 728. The third-order valence-corrected chi connectivity index (χ3v) is 6.22. The van der Waals surface area contributed by atoms with Crippen LogP contribution in [0.15, 0.2) is 24.3 Å². The Morgan fingerprint density at radius 2 is 1.79 bits per heavy atom. The highest BCUT2D eigenvalue weighted by atomic mass is 35.5. The first-order chi connectivity index (χ1) is 13.4. The molecular formula is C21H28ClN3O3. The van der Waals surface area contributed by atoms with Crippen LogP contribution in [0.1, 0.15) is 43.7 Å². The first-order valence-electron chi connectivity index (χ1n) is 9.93. The van der Waals surface area contributed by atoms with E-state index >= 15 is 0 Å². The van der Waals surface area contributed by atoms with Gasteiger partial charge in [-0.05, 0) is 38.6 Å². The number of likely N-dealkylation sites (tertiary alicyclic amines) is 1. The summed E-state index contributed by atoms with van der Waals surface area (Å²) < 4.78 is 0. The van der Waals surface area contributed by atoms with Crippen LogP contribution in [-0.2, 0) is 14.4 Å². The highest BCUT2D eigenvalue weighted by Gasteiger charge is 2.47. The van der Waals surface area contributed by atoms with E-state index in [1.807, 2.05) is 43.3 Å². The maximum absolute atomic E-state index is 12.5. The molecule has 1 aliphatic heterocycles. The predicted molar refractivity (Wildman–Crippen MR) is 108 cm³/mol. The molecule has 2 fully saturated rings. The molecule has 1 saturated carbocycles. The zero-order valence-corrected chi connectivity index (χ0v) is 17.2. The number of hydrogen-bond acceptors (Lipinski definition) is 4. The Morgan fingerprint density at radius 3 is 2.36 bits per heavy atom. The highest BCUT2D eigenvalue weighted by molar-refractivity contribution is 6.31. The standard InChI is InChI=1S/C21H28ClN3O3/c1-24(2)18(16-9-5-6-10-17(16)22)13-23-19(26)11-12-25-20(27)14-7-3-4-8-15(14)21(25)28/h5-6,9-10,14-15,18H,3-4,7-8,11-13H2,1-2H3,(H,23,26)/t14-,15-,18+/m0/s1. The maximum Gasteiger partial charge on any atom is 0.233 e. The van der Waals surface area contributed by atoms with Crippen molar-refractivity contribution in [2.75, 3.05) is 27.2 Å². The number of likely N-dealkylation sites (N-methyl/N-ethyl adjacent to an activating group) is 1. The van der Waals surface area contributed by atoms with Gasteiger partial charge in [-0.25, -0.2) is 0 Å². The number of amides is 3. The summed E-state index contributed by atoms with van der Waals surface area (Å²) in [6, 6.07) is 7.51. The summed E-state index contributed by atoms with van der Waals surface area (Å²) in [5.41, 5.74) is 0.948. The summed E-state index contributed by atoms with van der Waals surface area (Å²) in [6.45, 7) is 0.567. The summed E-state index contributed by atoms with van der Waals surface area (Å²) >= 11 is 6.30. The topological polar surface area (TPSA) is 69.7 Å². The lowest BCUT2D eigenvalue weighted by Crippen LogP contribution is -2.38. The Labute approximate surface area is 171 Å². The first kappa shape index (κ1) is 20.8. The van der Waals surface area contributed by atoms with Gasteiger partial charge < -0.3 is 10.2 Å². The van der Waals surface area contributed by atoms with Gasteiger partial charge in [-0.1, -0.05) is 42.6 Å². The monoisotopic (exact) mass is 405 g/mol. The summed E-state index contributed by atoms with van der Waals surface area (Å²) in [5, 5.41) is 3.58. The van der Waals surface area contributed by atoms with Gasteiger partial charge in [0.2, 0.25) is 17.7 Å². The van der Waals surface area contributed by atoms with Crippen molar-refractivity contribution in [3.05, 3.63) is 34.9 Å². The Balaban J connectivity index is 1.53. The van der Waals surface area contributed by atoms with Crippen molar-refractivity contribution in [3.63, 3.8) is 0 Å². The van der Waals surface area contributed by atoms with Gasteiger partial charge in [0.05, 0.1) is 17.9 Å². The largest absolute Gasteiger partial charge is 0.354 e. The van der Waals surface area contributed by atoms with E-state index in [0.717, 1.165) is 31.2 Å². The molecule has 0 aromatic heterocycles. The molecule has 3 atom stereocenters. The second-order valence-corrected chi connectivity index (χ2v) is 8.29. The molecule has 1 aromatic carbocycles. The van der Waals surface area contributed by atoms with Crippen molar-refractivity contribution in [2.24, 2.45) is 11.8 Å². The Hall–Kier alpha value is -1.92. The summed E-state index contributed by atoms with van der Waals surface area (Å²) in [7, 11) is 3.87. The van der Waals surface area contributed by atoms with Crippen LogP contribution in [0.25, 0.3) is 0 Å². The van der Waals surface area contributed by atoms with E-state index in [9.17, 15) is 14.4 Å². The average molecular weight is 406 g/mol. The fourth-order valence-corrected chi connectivity index (χ4v) is 4.54.